The zero-order chi connectivity index (χ0) is 18.4. The molecule has 2 N–H and O–H groups in total. The molecule has 1 aromatic carbocycles. The van der Waals surface area contributed by atoms with Crippen molar-refractivity contribution in [3.8, 4) is 11.1 Å². The molecule has 5 nitrogen and oxygen atoms in total. The molecule has 2 aliphatic rings. The second kappa shape index (κ2) is 6.37. The minimum absolute atomic E-state index is 0.0102. The lowest BCUT2D eigenvalue weighted by atomic mass is 9.80. The lowest BCUT2D eigenvalue weighted by Gasteiger charge is -2.24. The van der Waals surface area contributed by atoms with Crippen molar-refractivity contribution in [2.24, 2.45) is 0 Å². The molecule has 7 heteroatoms. The third kappa shape index (κ3) is 2.73. The number of hydrogen-bond donors (Lipinski definition) is 2. The monoisotopic (exact) mass is 389 g/mol. The highest BCUT2D eigenvalue weighted by molar-refractivity contribution is 7.89. The van der Waals surface area contributed by atoms with Gasteiger partial charge in [0.15, 0.2) is 0 Å². The molecule has 0 radical (unpaired) electrons. The number of sulfonamides is 1. The Morgan fingerprint density at radius 2 is 1.92 bits per heavy atom. The van der Waals surface area contributed by atoms with E-state index in [1.807, 2.05) is 0 Å². The summed E-state index contributed by atoms with van der Waals surface area (Å²) in [6.45, 7) is 2.95. The molecular weight excluding hydrogens is 370 g/mol. The van der Waals surface area contributed by atoms with E-state index in [1.54, 1.807) is 37.4 Å². The topological polar surface area (TPSA) is 71.1 Å². The van der Waals surface area contributed by atoms with Gasteiger partial charge in [-0.25, -0.2) is 18.1 Å². The smallest absolute Gasteiger partial charge is 0.240 e. The van der Waals surface area contributed by atoms with Crippen molar-refractivity contribution >= 4 is 27.4 Å². The van der Waals surface area contributed by atoms with Crippen LogP contribution >= 0.6 is 11.6 Å². The van der Waals surface area contributed by atoms with E-state index in [1.165, 1.54) is 0 Å². The van der Waals surface area contributed by atoms with Gasteiger partial charge in [0.25, 0.3) is 0 Å². The average molecular weight is 390 g/mol. The van der Waals surface area contributed by atoms with Gasteiger partial charge in [-0.2, -0.15) is 0 Å². The number of halogens is 1. The molecule has 1 aliphatic heterocycles. The molecule has 1 aliphatic carbocycles. The van der Waals surface area contributed by atoms with E-state index in [2.05, 4.69) is 27.2 Å². The first kappa shape index (κ1) is 17.5. The first-order chi connectivity index (χ1) is 12.5. The van der Waals surface area contributed by atoms with Crippen LogP contribution in [0.4, 0.5) is 5.82 Å². The van der Waals surface area contributed by atoms with E-state index in [0.717, 1.165) is 41.9 Å². The van der Waals surface area contributed by atoms with Gasteiger partial charge >= 0.3 is 0 Å². The number of pyridine rings is 1. The summed E-state index contributed by atoms with van der Waals surface area (Å²) < 4.78 is 26.7. The van der Waals surface area contributed by atoms with E-state index in [9.17, 15) is 8.42 Å². The molecule has 2 aromatic rings. The van der Waals surface area contributed by atoms with Crippen molar-refractivity contribution in [1.29, 1.82) is 0 Å². The largest absolute Gasteiger partial charge is 0.369 e. The standard InChI is InChI=1S/C19H20ClN3O2S/c1-2-23-26(24,25)14-7-5-13(6-8-14)15-11-21-18-16(17(15)20)19(12-22-18)9-3-4-10-19/h3-8,11,23H,2,9-10,12H2,1H3,(H,21,22). The fourth-order valence-corrected chi connectivity index (χ4v) is 5.28. The zero-order valence-corrected chi connectivity index (χ0v) is 16.0. The van der Waals surface area contributed by atoms with E-state index in [0.29, 0.717) is 11.6 Å². The van der Waals surface area contributed by atoms with Crippen molar-refractivity contribution in [1.82, 2.24) is 9.71 Å². The molecule has 2 heterocycles. The predicted octanol–water partition coefficient (Wildman–Crippen LogP) is 3.71. The van der Waals surface area contributed by atoms with Gasteiger partial charge in [0, 0.05) is 35.8 Å². The molecule has 0 atom stereocenters. The quantitative estimate of drug-likeness (QED) is 0.782. The van der Waals surface area contributed by atoms with E-state index in [4.69, 9.17) is 11.6 Å². The Labute approximate surface area is 158 Å². The zero-order valence-electron chi connectivity index (χ0n) is 14.4. The van der Waals surface area contributed by atoms with Gasteiger partial charge < -0.3 is 5.32 Å². The Hall–Kier alpha value is -1.89. The summed E-state index contributed by atoms with van der Waals surface area (Å²) in [6, 6.07) is 6.76. The van der Waals surface area contributed by atoms with Gasteiger partial charge in [-0.3, -0.25) is 0 Å². The number of fused-ring (bicyclic) bond motifs is 2. The summed E-state index contributed by atoms with van der Waals surface area (Å²) in [5.74, 6) is 0.855. The van der Waals surface area contributed by atoms with Crippen LogP contribution in [0.25, 0.3) is 11.1 Å². The van der Waals surface area contributed by atoms with Crippen molar-refractivity contribution in [3.63, 3.8) is 0 Å². The number of allylic oxidation sites excluding steroid dienone is 2. The normalized spacial score (nSPS) is 17.5. The van der Waals surface area contributed by atoms with E-state index < -0.39 is 10.0 Å². The van der Waals surface area contributed by atoms with Crippen LogP contribution in [0, 0.1) is 0 Å². The Morgan fingerprint density at radius 3 is 2.58 bits per heavy atom. The molecule has 0 unspecified atom stereocenters. The Balaban J connectivity index is 1.74. The molecule has 1 aromatic heterocycles. The molecule has 1 spiro atoms. The number of hydrogen-bond acceptors (Lipinski definition) is 4. The van der Waals surface area contributed by atoms with Gasteiger partial charge in [0.1, 0.15) is 5.82 Å². The van der Waals surface area contributed by atoms with Crippen LogP contribution in [0.1, 0.15) is 25.3 Å². The van der Waals surface area contributed by atoms with Crippen LogP contribution in [0.2, 0.25) is 5.02 Å². The molecule has 0 amide bonds. The number of nitrogens with one attached hydrogen (secondary N) is 2. The Bertz CT molecular complexity index is 977. The van der Waals surface area contributed by atoms with Crippen molar-refractivity contribution in [2.75, 3.05) is 18.4 Å². The molecular formula is C19H20ClN3O2S. The molecule has 4 rings (SSSR count). The highest BCUT2D eigenvalue weighted by atomic mass is 35.5. The maximum atomic E-state index is 12.1. The molecule has 0 fully saturated rings. The summed E-state index contributed by atoms with van der Waals surface area (Å²) in [5, 5.41) is 4.07. The fourth-order valence-electron chi connectivity index (χ4n) is 3.79. The number of anilines is 1. The summed E-state index contributed by atoms with van der Waals surface area (Å²) in [7, 11) is -3.46. The van der Waals surface area contributed by atoms with Crippen molar-refractivity contribution in [3.05, 3.63) is 53.2 Å². The minimum atomic E-state index is -3.46. The summed E-state index contributed by atoms with van der Waals surface area (Å²) in [4.78, 5) is 4.80. The van der Waals surface area contributed by atoms with E-state index >= 15 is 0 Å². The molecule has 0 saturated heterocycles. The summed E-state index contributed by atoms with van der Waals surface area (Å²) in [6.07, 6.45) is 8.05. The molecule has 0 saturated carbocycles. The van der Waals surface area contributed by atoms with Crippen LogP contribution in [-0.4, -0.2) is 26.5 Å². The van der Waals surface area contributed by atoms with Gasteiger partial charge in [-0.1, -0.05) is 42.8 Å². The highest BCUT2D eigenvalue weighted by Gasteiger charge is 2.42. The highest BCUT2D eigenvalue weighted by Crippen LogP contribution is 2.49. The van der Waals surface area contributed by atoms with Gasteiger partial charge in [0.2, 0.25) is 10.0 Å². The Kier molecular flexibility index (Phi) is 4.29. The van der Waals surface area contributed by atoms with Gasteiger partial charge in [-0.15, -0.1) is 0 Å². The maximum Gasteiger partial charge on any atom is 0.240 e. The van der Waals surface area contributed by atoms with E-state index in [-0.39, 0.29) is 10.3 Å². The number of aromatic nitrogens is 1. The van der Waals surface area contributed by atoms with Gasteiger partial charge in [0.05, 0.1) is 9.92 Å². The van der Waals surface area contributed by atoms with Crippen LogP contribution in [0.15, 0.2) is 47.5 Å². The van der Waals surface area contributed by atoms with Crippen LogP contribution in [0.5, 0.6) is 0 Å². The van der Waals surface area contributed by atoms with Crippen LogP contribution < -0.4 is 10.0 Å². The number of benzene rings is 1. The fraction of sp³-hybridized carbons (Fsp3) is 0.316. The van der Waals surface area contributed by atoms with Crippen molar-refractivity contribution in [2.45, 2.75) is 30.1 Å². The summed E-state index contributed by atoms with van der Waals surface area (Å²) >= 11 is 6.80. The minimum Gasteiger partial charge on any atom is -0.369 e. The second-order valence-corrected chi connectivity index (χ2v) is 8.89. The molecule has 26 heavy (non-hydrogen) atoms. The van der Waals surface area contributed by atoms with Crippen LogP contribution in [0.3, 0.4) is 0 Å². The summed E-state index contributed by atoms with van der Waals surface area (Å²) in [5.41, 5.74) is 2.75. The number of rotatable bonds is 4. The van der Waals surface area contributed by atoms with Crippen LogP contribution in [-0.2, 0) is 15.4 Å². The third-order valence-electron chi connectivity index (χ3n) is 5.13. The average Bonchev–Trinajstić information content (AvgIpc) is 3.24. The first-order valence-electron chi connectivity index (χ1n) is 8.65. The lowest BCUT2D eigenvalue weighted by molar-refractivity contribution is 0.509. The molecule has 136 valence electrons. The van der Waals surface area contributed by atoms with Gasteiger partial charge in [-0.05, 0) is 30.5 Å². The third-order valence-corrected chi connectivity index (χ3v) is 7.09. The predicted molar refractivity (Wildman–Crippen MR) is 104 cm³/mol. The second-order valence-electron chi connectivity index (χ2n) is 6.75. The molecule has 0 bridgehead atoms. The first-order valence-corrected chi connectivity index (χ1v) is 10.5. The lowest BCUT2D eigenvalue weighted by Crippen LogP contribution is -2.25. The number of nitrogens with zero attached hydrogens (tertiary/aromatic N) is 1. The Morgan fingerprint density at radius 1 is 1.23 bits per heavy atom. The maximum absolute atomic E-state index is 12.1. The van der Waals surface area contributed by atoms with Crippen molar-refractivity contribution < 1.29 is 8.42 Å². The SMILES string of the molecule is CCNS(=O)(=O)c1ccc(-c2cnc3c(c2Cl)C2(CC=CC2)CN3)cc1.